The molecule has 3 aromatic heterocycles. The van der Waals surface area contributed by atoms with Crippen molar-refractivity contribution in [3.63, 3.8) is 0 Å². The quantitative estimate of drug-likeness (QED) is 0.193. The van der Waals surface area contributed by atoms with Crippen molar-refractivity contribution in [1.82, 2.24) is 25.2 Å². The first-order chi connectivity index (χ1) is 15.2. The molecule has 8 nitrogen and oxygen atoms in total. The molecule has 9 heteroatoms. The van der Waals surface area contributed by atoms with Crippen molar-refractivity contribution < 1.29 is 9.15 Å². The minimum Gasteiger partial charge on any atom is -0.490 e. The summed E-state index contributed by atoms with van der Waals surface area (Å²) in [5.41, 5.74) is 1.62. The number of halogens is 1. The number of pyridine rings is 1. The zero-order chi connectivity index (χ0) is 21.6. The lowest BCUT2D eigenvalue weighted by Gasteiger charge is -2.16. The van der Waals surface area contributed by atoms with Gasteiger partial charge in [-0.25, -0.2) is 0 Å². The van der Waals surface area contributed by atoms with Gasteiger partial charge in [-0.1, -0.05) is 18.2 Å². The molecule has 0 bridgehead atoms. The molecule has 170 valence electrons. The molecule has 4 aromatic rings. The Morgan fingerprint density at radius 3 is 2.88 bits per heavy atom. The van der Waals surface area contributed by atoms with Crippen molar-refractivity contribution >= 4 is 46.6 Å². The van der Waals surface area contributed by atoms with Gasteiger partial charge in [0.15, 0.2) is 22.9 Å². The second-order valence-corrected chi connectivity index (χ2v) is 7.18. The Morgan fingerprint density at radius 2 is 2.06 bits per heavy atom. The minimum atomic E-state index is -0.0615. The summed E-state index contributed by atoms with van der Waals surface area (Å²) in [6, 6.07) is 13.8. The monoisotopic (exact) mass is 548 g/mol. The summed E-state index contributed by atoms with van der Waals surface area (Å²) in [5.74, 6) is 3.22. The predicted octanol–water partition coefficient (Wildman–Crippen LogP) is 4.35. The van der Waals surface area contributed by atoms with E-state index in [1.165, 1.54) is 0 Å². The number of ether oxygens (including phenoxy) is 1. The lowest BCUT2D eigenvalue weighted by atomic mass is 10.2. The highest BCUT2D eigenvalue weighted by Crippen LogP contribution is 2.31. The summed E-state index contributed by atoms with van der Waals surface area (Å²) in [6.07, 6.45) is 2.66. The lowest BCUT2D eigenvalue weighted by molar-refractivity contribution is 0.336. The molecule has 1 aromatic carbocycles. The Morgan fingerprint density at radius 1 is 1.19 bits per heavy atom. The van der Waals surface area contributed by atoms with Gasteiger partial charge in [-0.3, -0.25) is 9.39 Å². The van der Waals surface area contributed by atoms with Gasteiger partial charge in [0.2, 0.25) is 0 Å². The van der Waals surface area contributed by atoms with Crippen molar-refractivity contribution in [3.8, 4) is 5.75 Å². The zero-order valence-electron chi connectivity index (χ0n) is 18.5. The first-order valence-corrected chi connectivity index (χ1v) is 10.7. The SMILES string of the molecule is CCNC(=NCCc1nnc2ccccn12)NC(C)c1cc2cccc(OCC)c2o1.I. The van der Waals surface area contributed by atoms with Gasteiger partial charge in [-0.05, 0) is 45.0 Å². The number of rotatable bonds is 8. The van der Waals surface area contributed by atoms with Crippen LogP contribution in [0.5, 0.6) is 5.75 Å². The highest BCUT2D eigenvalue weighted by atomic mass is 127. The van der Waals surface area contributed by atoms with E-state index in [9.17, 15) is 0 Å². The number of hydrogen-bond acceptors (Lipinski definition) is 5. The van der Waals surface area contributed by atoms with Crippen molar-refractivity contribution in [2.45, 2.75) is 33.2 Å². The smallest absolute Gasteiger partial charge is 0.191 e. The van der Waals surface area contributed by atoms with Crippen LogP contribution in [0.3, 0.4) is 0 Å². The second-order valence-electron chi connectivity index (χ2n) is 7.18. The molecule has 0 aliphatic heterocycles. The summed E-state index contributed by atoms with van der Waals surface area (Å²) >= 11 is 0. The molecule has 2 N–H and O–H groups in total. The summed E-state index contributed by atoms with van der Waals surface area (Å²) < 4.78 is 13.8. The summed E-state index contributed by atoms with van der Waals surface area (Å²) in [5, 5.41) is 16.2. The maximum atomic E-state index is 6.11. The number of guanidine groups is 1. The lowest BCUT2D eigenvalue weighted by Crippen LogP contribution is -2.38. The second kappa shape index (κ2) is 11.2. The van der Waals surface area contributed by atoms with Crippen LogP contribution in [0, 0.1) is 0 Å². The summed E-state index contributed by atoms with van der Waals surface area (Å²) in [7, 11) is 0. The molecule has 3 heterocycles. The fourth-order valence-corrected chi connectivity index (χ4v) is 3.46. The van der Waals surface area contributed by atoms with Crippen molar-refractivity contribution in [3.05, 3.63) is 60.2 Å². The molecular weight excluding hydrogens is 519 g/mol. The average molecular weight is 548 g/mol. The van der Waals surface area contributed by atoms with Crippen molar-refractivity contribution in [2.24, 2.45) is 4.99 Å². The third-order valence-electron chi connectivity index (χ3n) is 4.94. The number of para-hydroxylation sites is 1. The van der Waals surface area contributed by atoms with E-state index in [0.717, 1.165) is 46.5 Å². The Hall–Kier alpha value is -2.82. The van der Waals surface area contributed by atoms with E-state index in [2.05, 4.69) is 27.8 Å². The summed E-state index contributed by atoms with van der Waals surface area (Å²) in [6.45, 7) is 8.02. The number of aliphatic imine (C=N–C) groups is 1. The molecule has 0 aliphatic carbocycles. The first kappa shape index (κ1) is 23.8. The largest absolute Gasteiger partial charge is 0.490 e. The first-order valence-electron chi connectivity index (χ1n) is 10.7. The normalized spacial score (nSPS) is 12.5. The van der Waals surface area contributed by atoms with Crippen LogP contribution in [0.15, 0.2) is 58.1 Å². The Labute approximate surface area is 204 Å². The van der Waals surface area contributed by atoms with Crippen molar-refractivity contribution in [2.75, 3.05) is 19.7 Å². The number of hydrogen-bond donors (Lipinski definition) is 2. The number of nitrogens with one attached hydrogen (secondary N) is 2. The van der Waals surface area contributed by atoms with Gasteiger partial charge in [-0.15, -0.1) is 34.2 Å². The number of fused-ring (bicyclic) bond motifs is 2. The highest BCUT2D eigenvalue weighted by Gasteiger charge is 2.15. The fraction of sp³-hybridized carbons (Fsp3) is 0.348. The van der Waals surface area contributed by atoms with E-state index in [1.807, 2.05) is 66.9 Å². The number of benzene rings is 1. The van der Waals surface area contributed by atoms with E-state index in [4.69, 9.17) is 14.1 Å². The van der Waals surface area contributed by atoms with Gasteiger partial charge in [0, 0.05) is 31.1 Å². The predicted molar refractivity (Wildman–Crippen MR) is 137 cm³/mol. The third-order valence-corrected chi connectivity index (χ3v) is 4.94. The number of aromatic nitrogens is 3. The van der Waals surface area contributed by atoms with Gasteiger partial charge in [0.1, 0.15) is 11.6 Å². The molecule has 1 atom stereocenters. The molecule has 0 fully saturated rings. The van der Waals surface area contributed by atoms with Crippen LogP contribution in [0.2, 0.25) is 0 Å². The molecule has 0 aliphatic rings. The molecular formula is C23H29IN6O2. The van der Waals surface area contributed by atoms with Crippen LogP contribution in [-0.4, -0.2) is 40.3 Å². The molecule has 0 radical (unpaired) electrons. The van der Waals surface area contributed by atoms with E-state index in [1.54, 1.807) is 0 Å². The Kier molecular flexibility index (Phi) is 8.32. The standard InChI is InChI=1S/C23H28N6O2.HI/c1-4-24-23(25-13-12-21-28-27-20-11-6-7-14-29(20)21)26-16(3)19-15-17-9-8-10-18(30-5-2)22(17)31-19;/h6-11,14-16H,4-5,12-13H2,1-3H3,(H2,24,25,26);1H. The third kappa shape index (κ3) is 5.32. The van der Waals surface area contributed by atoms with E-state index in [-0.39, 0.29) is 30.0 Å². The van der Waals surface area contributed by atoms with Crippen molar-refractivity contribution in [1.29, 1.82) is 0 Å². The van der Waals surface area contributed by atoms with Crippen LogP contribution in [0.4, 0.5) is 0 Å². The van der Waals surface area contributed by atoms with Crippen LogP contribution < -0.4 is 15.4 Å². The highest BCUT2D eigenvalue weighted by molar-refractivity contribution is 14.0. The maximum absolute atomic E-state index is 6.11. The van der Waals surface area contributed by atoms with Crippen LogP contribution in [0.1, 0.15) is 38.4 Å². The average Bonchev–Trinajstić information content (AvgIpc) is 3.39. The maximum Gasteiger partial charge on any atom is 0.191 e. The van der Waals surface area contributed by atoms with Gasteiger partial charge in [0.25, 0.3) is 0 Å². The zero-order valence-corrected chi connectivity index (χ0v) is 20.9. The molecule has 32 heavy (non-hydrogen) atoms. The molecule has 4 rings (SSSR count). The van der Waals surface area contributed by atoms with E-state index < -0.39 is 0 Å². The Balaban J connectivity index is 0.00000289. The van der Waals surface area contributed by atoms with E-state index >= 15 is 0 Å². The Bertz CT molecular complexity index is 1190. The number of furan rings is 1. The van der Waals surface area contributed by atoms with Crippen LogP contribution in [-0.2, 0) is 6.42 Å². The molecule has 0 saturated heterocycles. The minimum absolute atomic E-state index is 0. The number of nitrogens with zero attached hydrogens (tertiary/aromatic N) is 4. The molecule has 1 unspecified atom stereocenters. The molecule has 0 saturated carbocycles. The molecule has 0 spiro atoms. The van der Waals surface area contributed by atoms with Crippen LogP contribution in [0.25, 0.3) is 16.6 Å². The van der Waals surface area contributed by atoms with Crippen LogP contribution >= 0.6 is 24.0 Å². The fourth-order valence-electron chi connectivity index (χ4n) is 3.46. The summed E-state index contributed by atoms with van der Waals surface area (Å²) in [4.78, 5) is 4.71. The topological polar surface area (TPSA) is 89.0 Å². The van der Waals surface area contributed by atoms with Gasteiger partial charge in [-0.2, -0.15) is 0 Å². The van der Waals surface area contributed by atoms with Gasteiger partial charge >= 0.3 is 0 Å². The van der Waals surface area contributed by atoms with E-state index in [0.29, 0.717) is 19.6 Å². The van der Waals surface area contributed by atoms with Gasteiger partial charge in [0.05, 0.1) is 12.6 Å². The van der Waals surface area contributed by atoms with Gasteiger partial charge < -0.3 is 19.8 Å². The molecule has 0 amide bonds.